The van der Waals surface area contributed by atoms with Crippen LogP contribution >= 0.6 is 23.2 Å². The van der Waals surface area contributed by atoms with Gasteiger partial charge < -0.3 is 9.64 Å². The molecule has 1 aliphatic heterocycles. The molecule has 1 fully saturated rings. The maximum Gasteiger partial charge on any atom is 0.243 e. The van der Waals surface area contributed by atoms with Crippen LogP contribution in [-0.2, 0) is 24.7 Å². The van der Waals surface area contributed by atoms with E-state index in [1.165, 1.54) is 37.4 Å². The Hall–Kier alpha value is -1.85. The van der Waals surface area contributed by atoms with Crippen LogP contribution in [-0.4, -0.2) is 59.6 Å². The van der Waals surface area contributed by atoms with Crippen LogP contribution in [0.4, 0.5) is 0 Å². The van der Waals surface area contributed by atoms with Crippen molar-refractivity contribution in [3.05, 3.63) is 52.5 Å². The van der Waals surface area contributed by atoms with Gasteiger partial charge in [-0.05, 0) is 49.2 Å². The molecule has 2 aromatic carbocycles. The second-order valence-corrected chi connectivity index (χ2v) is 12.2. The third kappa shape index (κ3) is 5.99. The predicted octanol–water partition coefficient (Wildman–Crippen LogP) is 3.14. The lowest BCUT2D eigenvalue weighted by molar-refractivity contribution is -0.131. The topological polar surface area (TPSA) is 110 Å². The Bertz CT molecular complexity index is 1190. The molecule has 0 unspecified atom stereocenters. The van der Waals surface area contributed by atoms with Gasteiger partial charge in [-0.15, -0.1) is 0 Å². The largest absolute Gasteiger partial charge is 0.497 e. The fourth-order valence-electron chi connectivity index (χ4n) is 3.64. The number of halogens is 2. The molecule has 0 aliphatic carbocycles. The normalized spacial score (nSPS) is 15.4. The van der Waals surface area contributed by atoms with E-state index in [2.05, 4.69) is 4.72 Å². The minimum absolute atomic E-state index is 0.0125. The number of hydrogen-bond acceptors (Lipinski definition) is 6. The molecule has 12 heteroatoms. The summed E-state index contributed by atoms with van der Waals surface area (Å²) in [6.45, 7) is 0.427. The van der Waals surface area contributed by atoms with Gasteiger partial charge >= 0.3 is 0 Å². The SMILES string of the molecule is COc1ccc(S(=O)(=O)C2CCN(C(=O)CCNS(=O)(=O)c3c(Cl)cccc3Cl)CC2)cc1. The number of piperidine rings is 1. The van der Waals surface area contributed by atoms with Crippen LogP contribution in [0.2, 0.25) is 10.0 Å². The molecule has 1 saturated heterocycles. The number of methoxy groups -OCH3 is 1. The Morgan fingerprint density at radius 1 is 1.03 bits per heavy atom. The lowest BCUT2D eigenvalue weighted by Gasteiger charge is -2.32. The van der Waals surface area contributed by atoms with Gasteiger partial charge in [0.15, 0.2) is 9.84 Å². The molecule has 1 heterocycles. The van der Waals surface area contributed by atoms with E-state index in [0.717, 1.165) is 0 Å². The average Bonchev–Trinajstić information content (AvgIpc) is 2.78. The number of carbonyl (C=O) groups is 1. The third-order valence-corrected chi connectivity index (χ3v) is 10.1. The van der Waals surface area contributed by atoms with Gasteiger partial charge in [-0.3, -0.25) is 4.79 Å². The number of rotatable bonds is 8. The Morgan fingerprint density at radius 3 is 2.15 bits per heavy atom. The van der Waals surface area contributed by atoms with Crippen molar-refractivity contribution >= 4 is 49.0 Å². The lowest BCUT2D eigenvalue weighted by Crippen LogP contribution is -2.43. The van der Waals surface area contributed by atoms with E-state index in [-0.39, 0.29) is 51.8 Å². The molecule has 1 N–H and O–H groups in total. The van der Waals surface area contributed by atoms with E-state index in [1.807, 2.05) is 0 Å². The summed E-state index contributed by atoms with van der Waals surface area (Å²) in [6.07, 6.45) is 0.541. The fraction of sp³-hybridized carbons (Fsp3) is 0.381. The van der Waals surface area contributed by atoms with E-state index in [9.17, 15) is 21.6 Å². The summed E-state index contributed by atoms with van der Waals surface area (Å²) < 4.78 is 58.2. The molecular weight excluding hydrogens is 511 g/mol. The highest BCUT2D eigenvalue weighted by Crippen LogP contribution is 2.29. The molecule has 180 valence electrons. The van der Waals surface area contributed by atoms with Crippen LogP contribution in [0.25, 0.3) is 0 Å². The maximum atomic E-state index is 12.9. The van der Waals surface area contributed by atoms with Crippen molar-refractivity contribution < 1.29 is 26.4 Å². The first-order valence-corrected chi connectivity index (χ1v) is 13.9. The average molecular weight is 535 g/mol. The van der Waals surface area contributed by atoms with Crippen LogP contribution in [0.5, 0.6) is 5.75 Å². The second-order valence-electron chi connectivity index (χ2n) is 7.50. The van der Waals surface area contributed by atoms with Crippen LogP contribution < -0.4 is 9.46 Å². The molecule has 0 spiro atoms. The number of benzene rings is 2. The highest BCUT2D eigenvalue weighted by atomic mass is 35.5. The maximum absolute atomic E-state index is 12.9. The molecule has 1 amide bonds. The third-order valence-electron chi connectivity index (χ3n) is 5.44. The van der Waals surface area contributed by atoms with Crippen molar-refractivity contribution in [2.45, 2.75) is 34.3 Å². The number of hydrogen-bond donors (Lipinski definition) is 1. The smallest absolute Gasteiger partial charge is 0.243 e. The van der Waals surface area contributed by atoms with Gasteiger partial charge in [-0.1, -0.05) is 29.3 Å². The summed E-state index contributed by atoms with van der Waals surface area (Å²) in [4.78, 5) is 14.1. The van der Waals surface area contributed by atoms with Gasteiger partial charge in [0.05, 0.1) is 27.3 Å². The van der Waals surface area contributed by atoms with E-state index in [1.54, 1.807) is 17.0 Å². The van der Waals surface area contributed by atoms with Gasteiger partial charge in [0.25, 0.3) is 0 Å². The Morgan fingerprint density at radius 2 is 1.61 bits per heavy atom. The van der Waals surface area contributed by atoms with E-state index in [4.69, 9.17) is 27.9 Å². The first kappa shape index (κ1) is 25.8. The molecule has 0 radical (unpaired) electrons. The monoisotopic (exact) mass is 534 g/mol. The van der Waals surface area contributed by atoms with Crippen molar-refractivity contribution in [2.24, 2.45) is 0 Å². The number of ether oxygens (including phenoxy) is 1. The summed E-state index contributed by atoms with van der Waals surface area (Å²) in [5, 5.41) is -0.612. The Balaban J connectivity index is 1.53. The number of nitrogens with zero attached hydrogens (tertiary/aromatic N) is 1. The first-order valence-electron chi connectivity index (χ1n) is 10.2. The molecule has 33 heavy (non-hydrogen) atoms. The number of sulfone groups is 1. The molecule has 2 aromatic rings. The minimum Gasteiger partial charge on any atom is -0.497 e. The molecular formula is C21H24Cl2N2O6S2. The lowest BCUT2D eigenvalue weighted by atomic mass is 10.1. The zero-order chi connectivity index (χ0) is 24.2. The summed E-state index contributed by atoms with van der Waals surface area (Å²) in [5.74, 6) is 0.310. The highest BCUT2D eigenvalue weighted by molar-refractivity contribution is 7.92. The van der Waals surface area contributed by atoms with Gasteiger partial charge in [-0.2, -0.15) is 0 Å². The summed E-state index contributed by atoms with van der Waals surface area (Å²) in [7, 11) is -6.00. The number of sulfonamides is 1. The number of carbonyl (C=O) groups excluding carboxylic acids is 1. The molecule has 3 rings (SSSR count). The molecule has 1 aliphatic rings. The zero-order valence-electron chi connectivity index (χ0n) is 17.8. The molecule has 0 atom stereocenters. The molecule has 0 aromatic heterocycles. The van der Waals surface area contributed by atoms with Crippen molar-refractivity contribution in [1.29, 1.82) is 0 Å². The molecule has 8 nitrogen and oxygen atoms in total. The minimum atomic E-state index is -3.98. The molecule has 0 saturated carbocycles. The number of nitrogens with one attached hydrogen (secondary N) is 1. The van der Waals surface area contributed by atoms with E-state index >= 15 is 0 Å². The first-order chi connectivity index (χ1) is 15.6. The Kier molecular flexibility index (Phi) is 8.28. The summed E-state index contributed by atoms with van der Waals surface area (Å²) in [5.41, 5.74) is 0. The van der Waals surface area contributed by atoms with Crippen molar-refractivity contribution in [1.82, 2.24) is 9.62 Å². The Labute approximate surface area is 203 Å². The summed E-state index contributed by atoms with van der Waals surface area (Å²) >= 11 is 11.9. The van der Waals surface area contributed by atoms with Gasteiger partial charge in [0.1, 0.15) is 10.6 Å². The van der Waals surface area contributed by atoms with Gasteiger partial charge in [0, 0.05) is 26.1 Å². The number of amides is 1. The van der Waals surface area contributed by atoms with Crippen LogP contribution in [0, 0.1) is 0 Å². The fourth-order valence-corrected chi connectivity index (χ4v) is 7.54. The van der Waals surface area contributed by atoms with E-state index < -0.39 is 25.1 Å². The van der Waals surface area contributed by atoms with E-state index in [0.29, 0.717) is 18.6 Å². The van der Waals surface area contributed by atoms with Crippen LogP contribution in [0.1, 0.15) is 19.3 Å². The zero-order valence-corrected chi connectivity index (χ0v) is 21.0. The predicted molar refractivity (Wildman–Crippen MR) is 126 cm³/mol. The van der Waals surface area contributed by atoms with Gasteiger partial charge in [0.2, 0.25) is 15.9 Å². The second kappa shape index (κ2) is 10.6. The standard InChI is InChI=1S/C21H24Cl2N2O6S2/c1-31-15-5-7-16(8-6-15)32(27,28)17-10-13-25(14-11-17)20(26)9-12-24-33(29,30)21-18(22)3-2-4-19(21)23/h2-8,17,24H,9-14H2,1H3. The number of likely N-dealkylation sites (tertiary alicyclic amines) is 1. The summed E-state index contributed by atoms with van der Waals surface area (Å²) in [6, 6.07) is 10.6. The van der Waals surface area contributed by atoms with Crippen LogP contribution in [0.3, 0.4) is 0 Å². The quantitative estimate of drug-likeness (QED) is 0.556. The van der Waals surface area contributed by atoms with Gasteiger partial charge in [-0.25, -0.2) is 21.6 Å². The van der Waals surface area contributed by atoms with Crippen molar-refractivity contribution in [3.8, 4) is 5.75 Å². The van der Waals surface area contributed by atoms with Crippen LogP contribution in [0.15, 0.2) is 52.3 Å². The highest BCUT2D eigenvalue weighted by Gasteiger charge is 2.32. The van der Waals surface area contributed by atoms with Crippen molar-refractivity contribution in [3.63, 3.8) is 0 Å². The molecule has 0 bridgehead atoms. The van der Waals surface area contributed by atoms with Crippen molar-refractivity contribution in [2.75, 3.05) is 26.7 Å².